The van der Waals surface area contributed by atoms with Crippen molar-refractivity contribution in [2.45, 2.75) is 59.0 Å². The van der Waals surface area contributed by atoms with E-state index in [2.05, 4.69) is 10.6 Å². The number of hydrogen-bond donors (Lipinski definition) is 3. The molecule has 0 spiro atoms. The summed E-state index contributed by atoms with van der Waals surface area (Å²) < 4.78 is 0. The molecule has 1 aliphatic heterocycles. The number of anilines is 1. The Morgan fingerprint density at radius 2 is 1.67 bits per heavy atom. The van der Waals surface area contributed by atoms with Crippen LogP contribution in [0.15, 0.2) is 24.3 Å². The molecule has 7 nitrogen and oxygen atoms in total. The second-order valence-corrected chi connectivity index (χ2v) is 8.42. The van der Waals surface area contributed by atoms with Gasteiger partial charge in [-0.2, -0.15) is 0 Å². The van der Waals surface area contributed by atoms with Gasteiger partial charge in [0, 0.05) is 24.7 Å². The molecule has 0 bridgehead atoms. The summed E-state index contributed by atoms with van der Waals surface area (Å²) in [6, 6.07) is 6.38. The van der Waals surface area contributed by atoms with Gasteiger partial charge in [0.1, 0.15) is 6.04 Å². The van der Waals surface area contributed by atoms with Crippen molar-refractivity contribution in [2.75, 3.05) is 18.4 Å². The fraction of sp³-hybridized carbons (Fsp3) is 0.591. The third-order valence-electron chi connectivity index (χ3n) is 5.29. The highest BCUT2D eigenvalue weighted by molar-refractivity contribution is 5.97. The second kappa shape index (κ2) is 11.9. The van der Waals surface area contributed by atoms with Crippen molar-refractivity contribution in [3.05, 3.63) is 29.8 Å². The molecule has 30 heavy (non-hydrogen) atoms. The van der Waals surface area contributed by atoms with Crippen LogP contribution in [-0.2, 0) is 14.4 Å². The summed E-state index contributed by atoms with van der Waals surface area (Å²) in [6.45, 7) is 8.77. The minimum atomic E-state index is -0.636. The number of carbonyl (C=O) groups excluding carboxylic acids is 3. The van der Waals surface area contributed by atoms with E-state index in [1.165, 1.54) is 0 Å². The monoisotopic (exact) mass is 437 g/mol. The van der Waals surface area contributed by atoms with Gasteiger partial charge in [-0.15, -0.1) is 0 Å². The van der Waals surface area contributed by atoms with Gasteiger partial charge in [-0.1, -0.05) is 31.5 Å². The van der Waals surface area contributed by atoms with Gasteiger partial charge in [0.15, 0.2) is 0 Å². The molecule has 8 heteroatoms. The normalized spacial score (nSPS) is 16.4. The van der Waals surface area contributed by atoms with Crippen LogP contribution in [0.4, 0.5) is 5.69 Å². The predicted molar refractivity (Wildman–Crippen MR) is 114 cm³/mol. The average molecular weight is 438 g/mol. The first kappa shape index (κ1) is 25.9. The number of likely N-dealkylation sites (tertiary alicyclic amines) is 1. The van der Waals surface area contributed by atoms with Crippen molar-refractivity contribution >= 4 is 23.4 Å². The summed E-state index contributed by atoms with van der Waals surface area (Å²) in [4.78, 5) is 39.0. The maximum Gasteiger partial charge on any atom is 0.246 e. The third-order valence-corrected chi connectivity index (χ3v) is 5.29. The quantitative estimate of drug-likeness (QED) is 0.511. The van der Waals surface area contributed by atoms with E-state index in [1.807, 2.05) is 45.0 Å². The van der Waals surface area contributed by atoms with Crippen LogP contribution in [0.3, 0.4) is 0 Å². The molecule has 1 aromatic rings. The van der Waals surface area contributed by atoms with Gasteiger partial charge < -0.3 is 33.7 Å². The van der Waals surface area contributed by atoms with E-state index in [-0.39, 0.29) is 36.0 Å². The molecule has 0 aliphatic carbocycles. The average Bonchev–Trinajstić information content (AvgIpc) is 2.68. The molecule has 0 aromatic heterocycles. The van der Waals surface area contributed by atoms with Crippen molar-refractivity contribution in [1.82, 2.24) is 10.2 Å². The van der Waals surface area contributed by atoms with E-state index in [0.717, 1.165) is 5.56 Å². The number of rotatable bonds is 7. The molecule has 3 amide bonds. The number of halogens is 1. The van der Waals surface area contributed by atoms with Crippen molar-refractivity contribution in [3.63, 3.8) is 0 Å². The molecule has 1 heterocycles. The standard InChI is InChI=1S/C22H34N4O3.ClH/c1-14(2)13-19(23)22(29)26-11-9-17(10-12-26)21(28)24-16(4)20(27)25-18-7-5-15(3)6-8-18;/h5-8,14,16-17,19H,9-13,23H2,1-4H3,(H,24,28)(H,25,27);1H/p-1/t16-,19-;/m0./s1. The number of nitrogens with two attached hydrogens (primary N) is 1. The summed E-state index contributed by atoms with van der Waals surface area (Å²) in [6.07, 6.45) is 1.82. The number of carbonyl (C=O) groups is 3. The first-order valence-electron chi connectivity index (χ1n) is 10.4. The summed E-state index contributed by atoms with van der Waals surface area (Å²) in [5.41, 5.74) is 7.81. The summed E-state index contributed by atoms with van der Waals surface area (Å²) >= 11 is 0. The molecule has 2 rings (SSSR count). The minimum absolute atomic E-state index is 0. The molecule has 1 fully saturated rings. The topological polar surface area (TPSA) is 105 Å². The third kappa shape index (κ3) is 7.61. The zero-order valence-electron chi connectivity index (χ0n) is 18.3. The molecule has 1 saturated heterocycles. The highest BCUT2D eigenvalue weighted by atomic mass is 35.5. The van der Waals surface area contributed by atoms with Gasteiger partial charge in [0.2, 0.25) is 17.7 Å². The van der Waals surface area contributed by atoms with Crippen molar-refractivity contribution in [1.29, 1.82) is 0 Å². The molecular formula is C22H34ClN4O3-. The van der Waals surface area contributed by atoms with Crippen LogP contribution < -0.4 is 28.8 Å². The lowest BCUT2D eigenvalue weighted by molar-refractivity contribution is -0.137. The van der Waals surface area contributed by atoms with Gasteiger partial charge in [-0.25, -0.2) is 0 Å². The van der Waals surface area contributed by atoms with Crippen molar-refractivity contribution in [3.8, 4) is 0 Å². The van der Waals surface area contributed by atoms with Gasteiger partial charge >= 0.3 is 0 Å². The highest BCUT2D eigenvalue weighted by Gasteiger charge is 2.30. The Kier molecular flexibility index (Phi) is 10.3. The molecule has 4 N–H and O–H groups in total. The number of nitrogens with one attached hydrogen (secondary N) is 2. The smallest absolute Gasteiger partial charge is 0.246 e. The van der Waals surface area contributed by atoms with E-state index < -0.39 is 12.1 Å². The lowest BCUT2D eigenvalue weighted by atomic mass is 9.94. The number of hydrogen-bond acceptors (Lipinski definition) is 4. The van der Waals surface area contributed by atoms with E-state index in [4.69, 9.17) is 5.73 Å². The van der Waals surface area contributed by atoms with E-state index in [1.54, 1.807) is 11.8 Å². The maximum absolute atomic E-state index is 12.5. The van der Waals surface area contributed by atoms with Crippen molar-refractivity contribution < 1.29 is 26.8 Å². The van der Waals surface area contributed by atoms with Gasteiger partial charge in [-0.05, 0) is 51.2 Å². The first-order chi connectivity index (χ1) is 13.7. The number of nitrogens with zero attached hydrogens (tertiary/aromatic N) is 1. The fourth-order valence-electron chi connectivity index (χ4n) is 3.49. The zero-order valence-corrected chi connectivity index (χ0v) is 19.0. The molecule has 1 aliphatic rings. The molecule has 1 aromatic carbocycles. The summed E-state index contributed by atoms with van der Waals surface area (Å²) in [5, 5.41) is 5.60. The van der Waals surface area contributed by atoms with Crippen LogP contribution in [0.1, 0.15) is 45.6 Å². The number of amides is 3. The Labute approximate surface area is 185 Å². The van der Waals surface area contributed by atoms with Crippen LogP contribution in [0.25, 0.3) is 0 Å². The Bertz CT molecular complexity index is 716. The number of aryl methyl sites for hydroxylation is 1. The van der Waals surface area contributed by atoms with Crippen LogP contribution in [-0.4, -0.2) is 47.8 Å². The van der Waals surface area contributed by atoms with Crippen LogP contribution >= 0.6 is 0 Å². The molecule has 0 radical (unpaired) electrons. The van der Waals surface area contributed by atoms with Gasteiger partial charge in [0.05, 0.1) is 6.04 Å². The molecule has 2 atom stereocenters. The predicted octanol–water partition coefficient (Wildman–Crippen LogP) is -0.946. The minimum Gasteiger partial charge on any atom is -1.00 e. The zero-order chi connectivity index (χ0) is 21.6. The second-order valence-electron chi connectivity index (χ2n) is 8.42. The summed E-state index contributed by atoms with van der Waals surface area (Å²) in [5.74, 6) is -0.271. The van der Waals surface area contributed by atoms with E-state index >= 15 is 0 Å². The number of benzene rings is 1. The largest absolute Gasteiger partial charge is 1.00 e. The van der Waals surface area contributed by atoms with E-state index in [9.17, 15) is 14.4 Å². The van der Waals surface area contributed by atoms with Crippen LogP contribution in [0, 0.1) is 18.8 Å². The lowest BCUT2D eigenvalue weighted by Gasteiger charge is -2.33. The molecule has 168 valence electrons. The SMILES string of the molecule is Cc1ccc(NC(=O)[C@H](C)NC(=O)C2CCN(C(=O)[C@@H](N)CC(C)C)CC2)cc1.[Cl-]. The van der Waals surface area contributed by atoms with Crippen LogP contribution in [0.2, 0.25) is 0 Å². The molecule has 0 saturated carbocycles. The highest BCUT2D eigenvalue weighted by Crippen LogP contribution is 2.19. The molecular weight excluding hydrogens is 404 g/mol. The first-order valence-corrected chi connectivity index (χ1v) is 10.4. The Morgan fingerprint density at radius 3 is 2.20 bits per heavy atom. The summed E-state index contributed by atoms with van der Waals surface area (Å²) in [7, 11) is 0. The Hall–Kier alpha value is -2.12. The van der Waals surface area contributed by atoms with Crippen molar-refractivity contribution in [2.24, 2.45) is 17.6 Å². The fourth-order valence-corrected chi connectivity index (χ4v) is 3.49. The Morgan fingerprint density at radius 1 is 1.10 bits per heavy atom. The van der Waals surface area contributed by atoms with Gasteiger partial charge in [-0.3, -0.25) is 14.4 Å². The maximum atomic E-state index is 12.5. The Balaban J connectivity index is 0.00000450. The molecule has 0 unspecified atom stereocenters. The van der Waals surface area contributed by atoms with Gasteiger partial charge in [0.25, 0.3) is 0 Å². The number of piperidine rings is 1. The van der Waals surface area contributed by atoms with E-state index in [0.29, 0.717) is 44.0 Å². The van der Waals surface area contributed by atoms with Crippen LogP contribution in [0.5, 0.6) is 0 Å². The lowest BCUT2D eigenvalue weighted by Crippen LogP contribution is -3.00.